The number of rotatable bonds is 8. The first-order valence-electron chi connectivity index (χ1n) is 7.87. The number of carbonyl (C=O) groups is 1. The molecule has 0 aliphatic rings. The molecule has 1 N–H and O–H groups in total. The van der Waals surface area contributed by atoms with Gasteiger partial charge in [-0.05, 0) is 36.4 Å². The molecule has 0 aliphatic heterocycles. The van der Waals surface area contributed by atoms with Gasteiger partial charge in [0.15, 0.2) is 18.1 Å². The molecule has 2 heterocycles. The number of benzene rings is 1. The van der Waals surface area contributed by atoms with E-state index in [0.29, 0.717) is 18.0 Å². The van der Waals surface area contributed by atoms with E-state index in [2.05, 4.69) is 5.32 Å². The van der Waals surface area contributed by atoms with Crippen molar-refractivity contribution in [1.82, 2.24) is 5.32 Å². The van der Waals surface area contributed by atoms with Gasteiger partial charge in [0.25, 0.3) is 5.91 Å². The summed E-state index contributed by atoms with van der Waals surface area (Å²) in [6.07, 6.45) is 3.19. The van der Waals surface area contributed by atoms with Gasteiger partial charge in [0.1, 0.15) is 11.5 Å². The molecule has 2 aromatic heterocycles. The van der Waals surface area contributed by atoms with E-state index in [0.717, 1.165) is 11.5 Å². The molecule has 3 rings (SSSR count). The maximum Gasteiger partial charge on any atom is 0.257 e. The zero-order valence-electron chi connectivity index (χ0n) is 13.8. The van der Waals surface area contributed by atoms with E-state index in [1.54, 1.807) is 43.9 Å². The molecule has 25 heavy (non-hydrogen) atoms. The summed E-state index contributed by atoms with van der Waals surface area (Å²) in [5.74, 6) is 2.11. The lowest BCUT2D eigenvalue weighted by molar-refractivity contribution is -0.123. The lowest BCUT2D eigenvalue weighted by Gasteiger charge is -2.14. The molecule has 3 aromatic rings. The summed E-state index contributed by atoms with van der Waals surface area (Å²) in [7, 11) is 1.56. The number of hydrogen-bond acceptors (Lipinski definition) is 5. The summed E-state index contributed by atoms with van der Waals surface area (Å²) >= 11 is 0. The van der Waals surface area contributed by atoms with E-state index >= 15 is 0 Å². The van der Waals surface area contributed by atoms with Gasteiger partial charge in [-0.25, -0.2) is 0 Å². The molecular weight excluding hydrogens is 322 g/mol. The Labute approximate surface area is 145 Å². The predicted octanol–water partition coefficient (Wildman–Crippen LogP) is 3.21. The van der Waals surface area contributed by atoms with E-state index in [1.807, 2.05) is 24.3 Å². The maximum atomic E-state index is 12.1. The van der Waals surface area contributed by atoms with Crippen molar-refractivity contribution in [3.05, 3.63) is 72.6 Å². The number of ether oxygens (including phenoxy) is 2. The number of hydrogen-bond donors (Lipinski definition) is 1. The molecule has 0 radical (unpaired) electrons. The van der Waals surface area contributed by atoms with Gasteiger partial charge in [-0.15, -0.1) is 0 Å². The van der Waals surface area contributed by atoms with Gasteiger partial charge in [-0.1, -0.05) is 12.1 Å². The van der Waals surface area contributed by atoms with E-state index in [1.165, 1.54) is 0 Å². The summed E-state index contributed by atoms with van der Waals surface area (Å²) in [6.45, 7) is 0.235. The molecule has 0 bridgehead atoms. The van der Waals surface area contributed by atoms with Crippen LogP contribution < -0.4 is 14.8 Å². The normalized spacial score (nSPS) is 10.6. The minimum absolute atomic E-state index is 0.108. The van der Waals surface area contributed by atoms with Crippen LogP contribution in [0.25, 0.3) is 0 Å². The molecule has 6 nitrogen and oxygen atoms in total. The van der Waals surface area contributed by atoms with Crippen molar-refractivity contribution in [2.24, 2.45) is 0 Å². The van der Waals surface area contributed by atoms with E-state index in [9.17, 15) is 4.79 Å². The molecule has 130 valence electrons. The Bertz CT molecular complexity index is 746. The van der Waals surface area contributed by atoms with Crippen LogP contribution in [0.2, 0.25) is 0 Å². The molecular formula is C19H19NO5. The van der Waals surface area contributed by atoms with E-state index < -0.39 is 0 Å². The molecule has 0 atom stereocenters. The van der Waals surface area contributed by atoms with E-state index in [-0.39, 0.29) is 18.4 Å². The van der Waals surface area contributed by atoms with Gasteiger partial charge in [0.2, 0.25) is 0 Å². The summed E-state index contributed by atoms with van der Waals surface area (Å²) < 4.78 is 21.6. The molecule has 0 saturated heterocycles. The Morgan fingerprint density at radius 2 is 1.64 bits per heavy atom. The summed E-state index contributed by atoms with van der Waals surface area (Å²) in [4.78, 5) is 12.1. The van der Waals surface area contributed by atoms with Gasteiger partial charge in [0, 0.05) is 6.54 Å². The minimum atomic E-state index is -0.242. The third kappa shape index (κ3) is 4.23. The topological polar surface area (TPSA) is 73.8 Å². The van der Waals surface area contributed by atoms with Crippen LogP contribution in [-0.2, 0) is 4.79 Å². The first kappa shape index (κ1) is 16.7. The van der Waals surface area contributed by atoms with Gasteiger partial charge in [-0.2, -0.15) is 0 Å². The van der Waals surface area contributed by atoms with Gasteiger partial charge < -0.3 is 23.6 Å². The fourth-order valence-electron chi connectivity index (χ4n) is 2.47. The Morgan fingerprint density at radius 1 is 1.00 bits per heavy atom. The minimum Gasteiger partial charge on any atom is -0.493 e. The maximum absolute atomic E-state index is 12.1. The third-order valence-electron chi connectivity index (χ3n) is 3.70. The number of methoxy groups -OCH3 is 1. The fraction of sp³-hybridized carbons (Fsp3) is 0.211. The summed E-state index contributed by atoms with van der Waals surface area (Å²) in [5, 5.41) is 2.84. The molecule has 0 unspecified atom stereocenters. The highest BCUT2D eigenvalue weighted by molar-refractivity contribution is 5.77. The Kier molecular flexibility index (Phi) is 5.41. The third-order valence-corrected chi connectivity index (χ3v) is 3.70. The van der Waals surface area contributed by atoms with Crippen molar-refractivity contribution in [3.8, 4) is 11.5 Å². The zero-order chi connectivity index (χ0) is 17.5. The second-order valence-electron chi connectivity index (χ2n) is 5.33. The highest BCUT2D eigenvalue weighted by atomic mass is 16.5. The molecule has 0 spiro atoms. The highest BCUT2D eigenvalue weighted by Crippen LogP contribution is 2.26. The number of furan rings is 2. The monoisotopic (exact) mass is 341 g/mol. The van der Waals surface area contributed by atoms with Gasteiger partial charge in [-0.3, -0.25) is 4.79 Å². The first-order chi connectivity index (χ1) is 12.3. The largest absolute Gasteiger partial charge is 0.493 e. The average molecular weight is 341 g/mol. The van der Waals surface area contributed by atoms with Crippen LogP contribution in [0.3, 0.4) is 0 Å². The highest BCUT2D eigenvalue weighted by Gasteiger charge is 2.20. The van der Waals surface area contributed by atoms with Gasteiger partial charge >= 0.3 is 0 Å². The fourth-order valence-corrected chi connectivity index (χ4v) is 2.47. The van der Waals surface area contributed by atoms with Gasteiger partial charge in [0.05, 0.1) is 25.6 Å². The zero-order valence-corrected chi connectivity index (χ0v) is 13.8. The number of carbonyl (C=O) groups excluding carboxylic acids is 1. The lowest BCUT2D eigenvalue weighted by atomic mass is 10.0. The number of nitrogens with one attached hydrogen (secondary N) is 1. The standard InChI is InChI=1S/C19H19NO5/c1-22-17-6-2-3-7-18(17)25-13-19(21)20-12-14(15-8-4-10-23-15)16-9-5-11-24-16/h2-11,14H,12-13H2,1H3,(H,20,21). The van der Waals surface area contributed by atoms with Crippen molar-refractivity contribution < 1.29 is 23.1 Å². The van der Waals surface area contributed by atoms with Crippen LogP contribution in [-0.4, -0.2) is 26.2 Å². The van der Waals surface area contributed by atoms with Crippen molar-refractivity contribution >= 4 is 5.91 Å². The SMILES string of the molecule is COc1ccccc1OCC(=O)NCC(c1ccco1)c1ccco1. The first-order valence-corrected chi connectivity index (χ1v) is 7.87. The van der Waals surface area contributed by atoms with Crippen LogP contribution >= 0.6 is 0 Å². The van der Waals surface area contributed by atoms with Crippen LogP contribution in [0.1, 0.15) is 17.4 Å². The summed E-state index contributed by atoms with van der Waals surface area (Å²) in [6, 6.07) is 14.5. The second-order valence-corrected chi connectivity index (χ2v) is 5.33. The lowest BCUT2D eigenvalue weighted by Crippen LogP contribution is -2.32. The summed E-state index contributed by atoms with van der Waals surface area (Å²) in [5.41, 5.74) is 0. The van der Waals surface area contributed by atoms with Crippen molar-refractivity contribution in [1.29, 1.82) is 0 Å². The molecule has 6 heteroatoms. The Balaban J connectivity index is 1.57. The average Bonchev–Trinajstić information content (AvgIpc) is 3.35. The van der Waals surface area contributed by atoms with Crippen LogP contribution in [0.5, 0.6) is 11.5 Å². The number of amides is 1. The molecule has 0 fully saturated rings. The second kappa shape index (κ2) is 8.10. The molecule has 0 saturated carbocycles. The van der Waals surface area contributed by atoms with Crippen LogP contribution in [0.4, 0.5) is 0 Å². The quantitative estimate of drug-likeness (QED) is 0.681. The van der Waals surface area contributed by atoms with Crippen molar-refractivity contribution in [2.75, 3.05) is 20.3 Å². The van der Waals surface area contributed by atoms with Crippen molar-refractivity contribution in [3.63, 3.8) is 0 Å². The molecule has 1 aromatic carbocycles. The van der Waals surface area contributed by atoms with Crippen LogP contribution in [0, 0.1) is 0 Å². The number of para-hydroxylation sites is 2. The van der Waals surface area contributed by atoms with Crippen LogP contribution in [0.15, 0.2) is 69.9 Å². The Hall–Kier alpha value is -3.15. The molecule has 0 aliphatic carbocycles. The Morgan fingerprint density at radius 3 is 2.20 bits per heavy atom. The smallest absolute Gasteiger partial charge is 0.257 e. The van der Waals surface area contributed by atoms with Crippen molar-refractivity contribution in [2.45, 2.75) is 5.92 Å². The predicted molar refractivity (Wildman–Crippen MR) is 90.8 cm³/mol. The van der Waals surface area contributed by atoms with E-state index in [4.69, 9.17) is 18.3 Å². The molecule has 1 amide bonds.